The van der Waals surface area contributed by atoms with Gasteiger partial charge in [-0.2, -0.15) is 9.61 Å². The largest absolute Gasteiger partial charge is 0.280 e. The lowest BCUT2D eigenvalue weighted by atomic mass is 10.1. The second-order valence-electron chi connectivity index (χ2n) is 7.66. The summed E-state index contributed by atoms with van der Waals surface area (Å²) in [5.74, 6) is 0.527. The molecule has 3 aromatic heterocycles. The topological polar surface area (TPSA) is 102 Å². The molecule has 0 bridgehead atoms. The molecule has 5 rings (SSSR count). The highest BCUT2D eigenvalue weighted by atomic mass is 32.2. The molecule has 0 unspecified atom stereocenters. The van der Waals surface area contributed by atoms with Crippen molar-refractivity contribution in [3.63, 3.8) is 0 Å². The SMILES string of the molecule is Cc1ccc(S(=O)(=O)Nc2cccc(-c3ccc4nnc(-c5ccccn5)n4n3)c2)cc1C. The first-order valence-electron chi connectivity index (χ1n) is 10.3. The number of hydrogen-bond acceptors (Lipinski definition) is 6. The molecule has 0 amide bonds. The average Bonchev–Trinajstić information content (AvgIpc) is 3.24. The highest BCUT2D eigenvalue weighted by Crippen LogP contribution is 2.25. The van der Waals surface area contributed by atoms with Crippen LogP contribution in [0.1, 0.15) is 11.1 Å². The number of hydrogen-bond donors (Lipinski definition) is 1. The normalized spacial score (nSPS) is 11.6. The van der Waals surface area contributed by atoms with Crippen LogP contribution in [0.2, 0.25) is 0 Å². The predicted octanol–water partition coefficient (Wildman–Crippen LogP) is 4.27. The minimum atomic E-state index is -3.72. The molecular formula is C24H20N6O2S. The average molecular weight is 457 g/mol. The van der Waals surface area contributed by atoms with E-state index in [9.17, 15) is 8.42 Å². The van der Waals surface area contributed by atoms with Crippen molar-refractivity contribution in [3.8, 4) is 22.8 Å². The van der Waals surface area contributed by atoms with Crippen molar-refractivity contribution >= 4 is 21.4 Å². The van der Waals surface area contributed by atoms with Gasteiger partial charge in [0.05, 0.1) is 10.6 Å². The summed E-state index contributed by atoms with van der Waals surface area (Å²) in [6.07, 6.45) is 1.69. The molecule has 0 saturated carbocycles. The van der Waals surface area contributed by atoms with Crippen LogP contribution in [0.15, 0.2) is 83.9 Å². The van der Waals surface area contributed by atoms with Crippen molar-refractivity contribution in [2.45, 2.75) is 18.7 Å². The van der Waals surface area contributed by atoms with Crippen molar-refractivity contribution in [1.29, 1.82) is 0 Å². The monoisotopic (exact) mass is 456 g/mol. The molecule has 0 spiro atoms. The number of nitrogens with one attached hydrogen (secondary N) is 1. The van der Waals surface area contributed by atoms with Gasteiger partial charge >= 0.3 is 0 Å². The first-order valence-corrected chi connectivity index (χ1v) is 11.7. The molecule has 0 aliphatic carbocycles. The van der Waals surface area contributed by atoms with Gasteiger partial charge in [0, 0.05) is 17.4 Å². The van der Waals surface area contributed by atoms with Crippen LogP contribution in [-0.2, 0) is 10.0 Å². The lowest BCUT2D eigenvalue weighted by molar-refractivity contribution is 0.601. The Morgan fingerprint density at radius 2 is 1.70 bits per heavy atom. The van der Waals surface area contributed by atoms with Gasteiger partial charge in [0.25, 0.3) is 10.0 Å². The van der Waals surface area contributed by atoms with E-state index < -0.39 is 10.0 Å². The Balaban J connectivity index is 1.49. The van der Waals surface area contributed by atoms with Gasteiger partial charge in [0.15, 0.2) is 5.65 Å². The first kappa shape index (κ1) is 20.8. The van der Waals surface area contributed by atoms with Crippen LogP contribution < -0.4 is 4.72 Å². The molecule has 9 heteroatoms. The standard InChI is InChI=1S/C24H20N6O2S/c1-16-9-10-20(14-17(16)2)33(31,32)29-19-7-5-6-18(15-19)21-11-12-23-26-27-24(30(23)28-21)22-8-3-4-13-25-22/h3-15,29H,1-2H3. The molecule has 0 saturated heterocycles. The van der Waals surface area contributed by atoms with Crippen LogP contribution >= 0.6 is 0 Å². The smallest absolute Gasteiger partial charge is 0.261 e. The van der Waals surface area contributed by atoms with Crippen molar-refractivity contribution < 1.29 is 8.42 Å². The fourth-order valence-electron chi connectivity index (χ4n) is 3.43. The van der Waals surface area contributed by atoms with Crippen LogP contribution in [0.4, 0.5) is 5.69 Å². The van der Waals surface area contributed by atoms with E-state index in [1.54, 1.807) is 47.1 Å². The number of rotatable bonds is 5. The number of anilines is 1. The zero-order valence-corrected chi connectivity index (χ0v) is 18.8. The Hall–Kier alpha value is -4.11. The van der Waals surface area contributed by atoms with E-state index in [1.807, 2.05) is 50.2 Å². The maximum absolute atomic E-state index is 12.9. The van der Waals surface area contributed by atoms with E-state index in [-0.39, 0.29) is 4.90 Å². The number of nitrogens with zero attached hydrogens (tertiary/aromatic N) is 5. The number of sulfonamides is 1. The van der Waals surface area contributed by atoms with Crippen molar-refractivity contribution in [3.05, 3.63) is 90.1 Å². The van der Waals surface area contributed by atoms with Crippen molar-refractivity contribution in [2.24, 2.45) is 0 Å². The van der Waals surface area contributed by atoms with Crippen LogP contribution in [0.3, 0.4) is 0 Å². The fraction of sp³-hybridized carbons (Fsp3) is 0.0833. The number of pyridine rings is 1. The van der Waals surface area contributed by atoms with Crippen molar-refractivity contribution in [1.82, 2.24) is 24.8 Å². The lowest BCUT2D eigenvalue weighted by Gasteiger charge is -2.11. The van der Waals surface area contributed by atoms with Gasteiger partial charge in [-0.3, -0.25) is 9.71 Å². The van der Waals surface area contributed by atoms with Gasteiger partial charge in [0.1, 0.15) is 5.69 Å². The zero-order chi connectivity index (χ0) is 23.0. The van der Waals surface area contributed by atoms with Gasteiger partial charge in [-0.15, -0.1) is 10.2 Å². The second kappa shape index (κ2) is 8.10. The summed E-state index contributed by atoms with van der Waals surface area (Å²) in [4.78, 5) is 4.55. The fourth-order valence-corrected chi connectivity index (χ4v) is 4.57. The summed E-state index contributed by atoms with van der Waals surface area (Å²) < 4.78 is 30.1. The van der Waals surface area contributed by atoms with Gasteiger partial charge < -0.3 is 0 Å². The molecule has 164 valence electrons. The van der Waals surface area contributed by atoms with E-state index in [1.165, 1.54) is 0 Å². The summed E-state index contributed by atoms with van der Waals surface area (Å²) in [7, 11) is -3.72. The molecule has 8 nitrogen and oxygen atoms in total. The van der Waals surface area contributed by atoms with E-state index in [2.05, 4.69) is 25.0 Å². The molecule has 0 aliphatic heterocycles. The Kier molecular flexibility index (Phi) is 5.10. The highest BCUT2D eigenvalue weighted by Gasteiger charge is 2.16. The Morgan fingerprint density at radius 1 is 0.818 bits per heavy atom. The van der Waals surface area contributed by atoms with E-state index >= 15 is 0 Å². The summed E-state index contributed by atoms with van der Waals surface area (Å²) in [5.41, 5.74) is 5.04. The summed E-state index contributed by atoms with van der Waals surface area (Å²) in [6, 6.07) is 21.4. The highest BCUT2D eigenvalue weighted by molar-refractivity contribution is 7.92. The maximum Gasteiger partial charge on any atom is 0.261 e. The Bertz CT molecular complexity index is 1580. The lowest BCUT2D eigenvalue weighted by Crippen LogP contribution is -2.13. The molecule has 3 heterocycles. The minimum absolute atomic E-state index is 0.222. The molecule has 1 N–H and O–H groups in total. The van der Waals surface area contributed by atoms with E-state index in [4.69, 9.17) is 0 Å². The zero-order valence-electron chi connectivity index (χ0n) is 18.0. The third kappa shape index (κ3) is 4.06. The van der Waals surface area contributed by atoms with Crippen LogP contribution in [0.25, 0.3) is 28.4 Å². The number of fused-ring (bicyclic) bond motifs is 1. The molecule has 2 aromatic carbocycles. The van der Waals surface area contributed by atoms with Crippen LogP contribution in [0.5, 0.6) is 0 Å². The summed E-state index contributed by atoms with van der Waals surface area (Å²) >= 11 is 0. The van der Waals surface area contributed by atoms with Crippen molar-refractivity contribution in [2.75, 3.05) is 4.72 Å². The minimum Gasteiger partial charge on any atom is -0.280 e. The Labute approximate surface area is 191 Å². The van der Waals surface area contributed by atoms with Gasteiger partial charge in [0.2, 0.25) is 5.82 Å². The van der Waals surface area contributed by atoms with E-state index in [0.717, 1.165) is 16.7 Å². The Morgan fingerprint density at radius 3 is 2.48 bits per heavy atom. The first-order chi connectivity index (χ1) is 15.9. The van der Waals surface area contributed by atoms with Gasteiger partial charge in [-0.1, -0.05) is 24.3 Å². The number of aryl methyl sites for hydroxylation is 2. The molecule has 5 aromatic rings. The number of benzene rings is 2. The third-order valence-electron chi connectivity index (χ3n) is 5.36. The van der Waals surface area contributed by atoms with Crippen LogP contribution in [0, 0.1) is 13.8 Å². The molecule has 33 heavy (non-hydrogen) atoms. The number of aromatic nitrogens is 5. The molecule has 0 atom stereocenters. The van der Waals surface area contributed by atoms with E-state index in [0.29, 0.717) is 28.5 Å². The van der Waals surface area contributed by atoms with Crippen LogP contribution in [-0.4, -0.2) is 33.2 Å². The molecule has 0 aliphatic rings. The predicted molar refractivity (Wildman–Crippen MR) is 126 cm³/mol. The third-order valence-corrected chi connectivity index (χ3v) is 6.74. The van der Waals surface area contributed by atoms with Gasteiger partial charge in [-0.05, 0) is 73.5 Å². The maximum atomic E-state index is 12.9. The second-order valence-corrected chi connectivity index (χ2v) is 9.34. The quantitative estimate of drug-likeness (QED) is 0.424. The molecule has 0 fully saturated rings. The summed E-state index contributed by atoms with van der Waals surface area (Å²) in [5, 5.41) is 13.0. The van der Waals surface area contributed by atoms with Gasteiger partial charge in [-0.25, -0.2) is 8.42 Å². The molecular weight excluding hydrogens is 436 g/mol. The summed E-state index contributed by atoms with van der Waals surface area (Å²) in [6.45, 7) is 3.84. The molecule has 0 radical (unpaired) electrons.